The molecule has 106 valence electrons. The summed E-state index contributed by atoms with van der Waals surface area (Å²) < 4.78 is 10.7. The summed E-state index contributed by atoms with van der Waals surface area (Å²) >= 11 is 0. The first kappa shape index (κ1) is 15.3. The summed E-state index contributed by atoms with van der Waals surface area (Å²) in [6, 6.07) is 7.35. The lowest BCUT2D eigenvalue weighted by molar-refractivity contribution is -0.128. The molecule has 0 fully saturated rings. The number of methoxy groups -OCH3 is 1. The van der Waals surface area contributed by atoms with E-state index in [1.54, 1.807) is 26.2 Å². The zero-order valence-corrected chi connectivity index (χ0v) is 12.3. The van der Waals surface area contributed by atoms with Gasteiger partial charge in [0, 0.05) is 12.1 Å². The molecule has 4 heteroatoms. The van der Waals surface area contributed by atoms with E-state index in [-0.39, 0.29) is 11.9 Å². The van der Waals surface area contributed by atoms with Gasteiger partial charge in [-0.25, -0.2) is 0 Å². The van der Waals surface area contributed by atoms with E-state index in [2.05, 4.69) is 19.2 Å². The fourth-order valence-corrected chi connectivity index (χ4v) is 1.44. The molecule has 1 rings (SSSR count). The van der Waals surface area contributed by atoms with Crippen molar-refractivity contribution in [2.75, 3.05) is 7.11 Å². The predicted octanol–water partition coefficient (Wildman–Crippen LogP) is 2.62. The summed E-state index contributed by atoms with van der Waals surface area (Å²) in [5, 5.41) is 2.93. The van der Waals surface area contributed by atoms with E-state index in [0.717, 1.165) is 0 Å². The lowest BCUT2D eigenvalue weighted by atomic mass is 10.1. The Morgan fingerprint density at radius 3 is 2.37 bits per heavy atom. The quantitative estimate of drug-likeness (QED) is 0.860. The molecule has 1 N–H and O–H groups in total. The normalized spacial score (nSPS) is 13.8. The number of carbonyl (C=O) groups is 1. The van der Waals surface area contributed by atoms with Crippen LogP contribution in [0.4, 0.5) is 0 Å². The van der Waals surface area contributed by atoms with Crippen LogP contribution in [0.2, 0.25) is 0 Å². The minimum Gasteiger partial charge on any atom is -0.497 e. The van der Waals surface area contributed by atoms with Crippen LogP contribution in [-0.2, 0) is 4.79 Å². The molecule has 0 heterocycles. The molecule has 1 aromatic rings. The smallest absolute Gasteiger partial charge is 0.260 e. The monoisotopic (exact) mass is 265 g/mol. The maximum Gasteiger partial charge on any atom is 0.260 e. The van der Waals surface area contributed by atoms with E-state index in [1.807, 2.05) is 19.1 Å². The molecule has 0 bridgehead atoms. The van der Waals surface area contributed by atoms with Crippen molar-refractivity contribution in [2.45, 2.75) is 39.8 Å². The zero-order valence-electron chi connectivity index (χ0n) is 12.3. The van der Waals surface area contributed by atoms with Crippen LogP contribution in [0.15, 0.2) is 24.3 Å². The number of rotatable bonds is 6. The third-order valence-corrected chi connectivity index (χ3v) is 3.09. The highest BCUT2D eigenvalue weighted by atomic mass is 16.5. The van der Waals surface area contributed by atoms with Gasteiger partial charge in [0.2, 0.25) is 0 Å². The van der Waals surface area contributed by atoms with Gasteiger partial charge in [-0.15, -0.1) is 0 Å². The Labute approximate surface area is 115 Å². The Balaban J connectivity index is 2.58. The SMILES string of the molecule is COc1cccc(O[C@H](C)C(=O)N[C@@H](C)C(C)C)c1. The zero-order chi connectivity index (χ0) is 14.4. The highest BCUT2D eigenvalue weighted by molar-refractivity contribution is 5.81. The minimum atomic E-state index is -0.534. The van der Waals surface area contributed by atoms with Gasteiger partial charge in [0.05, 0.1) is 7.11 Å². The first-order valence-electron chi connectivity index (χ1n) is 6.55. The third-order valence-electron chi connectivity index (χ3n) is 3.09. The molecule has 0 aliphatic rings. The van der Waals surface area contributed by atoms with Gasteiger partial charge in [0.1, 0.15) is 11.5 Å². The van der Waals surface area contributed by atoms with Gasteiger partial charge in [0.25, 0.3) is 5.91 Å². The summed E-state index contributed by atoms with van der Waals surface area (Å²) in [5.41, 5.74) is 0. The summed E-state index contributed by atoms with van der Waals surface area (Å²) in [6.07, 6.45) is -0.534. The number of amides is 1. The predicted molar refractivity (Wildman–Crippen MR) is 75.5 cm³/mol. The molecule has 0 aliphatic heterocycles. The Bertz CT molecular complexity index is 418. The first-order chi connectivity index (χ1) is 8.93. The van der Waals surface area contributed by atoms with Gasteiger partial charge >= 0.3 is 0 Å². The second-order valence-corrected chi connectivity index (χ2v) is 4.98. The van der Waals surface area contributed by atoms with Gasteiger partial charge in [-0.05, 0) is 31.9 Å². The van der Waals surface area contributed by atoms with Gasteiger partial charge < -0.3 is 14.8 Å². The number of hydrogen-bond donors (Lipinski definition) is 1. The van der Waals surface area contributed by atoms with Gasteiger partial charge in [-0.2, -0.15) is 0 Å². The molecule has 0 saturated carbocycles. The number of carbonyl (C=O) groups excluding carboxylic acids is 1. The molecule has 0 spiro atoms. The molecule has 0 radical (unpaired) electrons. The molecule has 1 amide bonds. The van der Waals surface area contributed by atoms with E-state index in [4.69, 9.17) is 9.47 Å². The molecule has 0 aliphatic carbocycles. The number of benzene rings is 1. The molecule has 0 saturated heterocycles. The van der Waals surface area contributed by atoms with Crippen molar-refractivity contribution in [3.63, 3.8) is 0 Å². The van der Waals surface area contributed by atoms with Crippen molar-refractivity contribution in [3.05, 3.63) is 24.3 Å². The van der Waals surface area contributed by atoms with Crippen molar-refractivity contribution in [1.29, 1.82) is 0 Å². The Hall–Kier alpha value is -1.71. The lowest BCUT2D eigenvalue weighted by Crippen LogP contribution is -2.43. The van der Waals surface area contributed by atoms with Gasteiger partial charge in [-0.1, -0.05) is 19.9 Å². The van der Waals surface area contributed by atoms with E-state index in [0.29, 0.717) is 17.4 Å². The van der Waals surface area contributed by atoms with Crippen molar-refractivity contribution in [1.82, 2.24) is 5.32 Å². The fourth-order valence-electron chi connectivity index (χ4n) is 1.44. The van der Waals surface area contributed by atoms with Crippen molar-refractivity contribution in [2.24, 2.45) is 5.92 Å². The van der Waals surface area contributed by atoms with E-state index < -0.39 is 6.10 Å². The summed E-state index contributed by atoms with van der Waals surface area (Å²) in [7, 11) is 1.60. The van der Waals surface area contributed by atoms with Crippen LogP contribution in [0.1, 0.15) is 27.7 Å². The highest BCUT2D eigenvalue weighted by Crippen LogP contribution is 2.20. The van der Waals surface area contributed by atoms with Crippen LogP contribution >= 0.6 is 0 Å². The van der Waals surface area contributed by atoms with Crippen LogP contribution in [0, 0.1) is 5.92 Å². The summed E-state index contributed by atoms with van der Waals surface area (Å²) in [6.45, 7) is 7.86. The molecule has 0 unspecified atom stereocenters. The Morgan fingerprint density at radius 2 is 1.79 bits per heavy atom. The molecule has 0 aromatic heterocycles. The highest BCUT2D eigenvalue weighted by Gasteiger charge is 2.18. The average Bonchev–Trinajstić information content (AvgIpc) is 2.38. The van der Waals surface area contributed by atoms with Gasteiger partial charge in [-0.3, -0.25) is 4.79 Å². The first-order valence-corrected chi connectivity index (χ1v) is 6.55. The molecule has 4 nitrogen and oxygen atoms in total. The van der Waals surface area contributed by atoms with E-state index in [1.165, 1.54) is 0 Å². The van der Waals surface area contributed by atoms with Crippen LogP contribution < -0.4 is 14.8 Å². The van der Waals surface area contributed by atoms with E-state index >= 15 is 0 Å². The van der Waals surface area contributed by atoms with Crippen LogP contribution in [0.5, 0.6) is 11.5 Å². The van der Waals surface area contributed by atoms with Crippen LogP contribution in [-0.4, -0.2) is 25.2 Å². The van der Waals surface area contributed by atoms with Crippen LogP contribution in [0.3, 0.4) is 0 Å². The van der Waals surface area contributed by atoms with E-state index in [9.17, 15) is 4.79 Å². The molecule has 1 aromatic carbocycles. The lowest BCUT2D eigenvalue weighted by Gasteiger charge is -2.21. The topological polar surface area (TPSA) is 47.6 Å². The number of nitrogens with one attached hydrogen (secondary N) is 1. The minimum absolute atomic E-state index is 0.107. The molecular weight excluding hydrogens is 242 g/mol. The summed E-state index contributed by atoms with van der Waals surface area (Å²) in [5.74, 6) is 1.62. The third kappa shape index (κ3) is 4.81. The molecule has 19 heavy (non-hydrogen) atoms. The van der Waals surface area contributed by atoms with Crippen molar-refractivity contribution >= 4 is 5.91 Å². The van der Waals surface area contributed by atoms with Crippen LogP contribution in [0.25, 0.3) is 0 Å². The Morgan fingerprint density at radius 1 is 1.16 bits per heavy atom. The number of hydrogen-bond acceptors (Lipinski definition) is 3. The van der Waals surface area contributed by atoms with Crippen molar-refractivity contribution < 1.29 is 14.3 Å². The second kappa shape index (κ2) is 7.02. The number of ether oxygens (including phenoxy) is 2. The maximum atomic E-state index is 11.9. The van der Waals surface area contributed by atoms with Crippen molar-refractivity contribution in [3.8, 4) is 11.5 Å². The van der Waals surface area contributed by atoms with Gasteiger partial charge in [0.15, 0.2) is 6.10 Å². The maximum absolute atomic E-state index is 11.9. The standard InChI is InChI=1S/C15H23NO3/c1-10(2)11(3)16-15(17)12(4)19-14-8-6-7-13(9-14)18-5/h6-12H,1-5H3,(H,16,17)/t11-,12+/m0/s1. The largest absolute Gasteiger partial charge is 0.497 e. The second-order valence-electron chi connectivity index (χ2n) is 4.98. The molecular formula is C15H23NO3. The fraction of sp³-hybridized carbons (Fsp3) is 0.533. The Kier molecular flexibility index (Phi) is 5.67. The molecule has 2 atom stereocenters. The average molecular weight is 265 g/mol. The summed E-state index contributed by atoms with van der Waals surface area (Å²) in [4.78, 5) is 11.9.